The minimum atomic E-state index is 0.226. The molecule has 5 heteroatoms. The molecule has 2 heterocycles. The summed E-state index contributed by atoms with van der Waals surface area (Å²) in [7, 11) is 0. The highest BCUT2D eigenvalue weighted by molar-refractivity contribution is 9.10. The fraction of sp³-hybridized carbons (Fsp3) is 0.400. The molecule has 106 valence electrons. The smallest absolute Gasteiger partial charge is 0.139 e. The molecule has 0 aliphatic carbocycles. The molecule has 0 unspecified atom stereocenters. The van der Waals surface area contributed by atoms with Gasteiger partial charge in [-0.3, -0.25) is 14.5 Å². The van der Waals surface area contributed by atoms with Crippen molar-refractivity contribution in [2.24, 2.45) is 0 Å². The van der Waals surface area contributed by atoms with E-state index in [-0.39, 0.29) is 5.78 Å². The minimum absolute atomic E-state index is 0.226. The van der Waals surface area contributed by atoms with Gasteiger partial charge in [0, 0.05) is 31.8 Å². The lowest BCUT2D eigenvalue weighted by Crippen LogP contribution is -2.10. The quantitative estimate of drug-likeness (QED) is 0.814. The SMILES string of the molecule is CCn1nc(C)c(Br)c1CC(=O)CCc1cccnc1. The molecule has 4 nitrogen and oxygen atoms in total. The summed E-state index contributed by atoms with van der Waals surface area (Å²) in [6, 6.07) is 3.89. The Balaban J connectivity index is 1.98. The number of ketones is 1. The van der Waals surface area contributed by atoms with Gasteiger partial charge in [0.25, 0.3) is 0 Å². The molecule has 0 N–H and O–H groups in total. The van der Waals surface area contributed by atoms with E-state index >= 15 is 0 Å². The summed E-state index contributed by atoms with van der Waals surface area (Å²) in [5.74, 6) is 0.226. The molecule has 20 heavy (non-hydrogen) atoms. The zero-order chi connectivity index (χ0) is 14.5. The molecule has 0 amide bonds. The van der Waals surface area contributed by atoms with E-state index in [4.69, 9.17) is 0 Å². The summed E-state index contributed by atoms with van der Waals surface area (Å²) < 4.78 is 2.84. The van der Waals surface area contributed by atoms with Crippen molar-refractivity contribution in [3.05, 3.63) is 46.0 Å². The first kappa shape index (κ1) is 14.9. The van der Waals surface area contributed by atoms with E-state index in [0.29, 0.717) is 12.8 Å². The number of hydrogen-bond donors (Lipinski definition) is 0. The lowest BCUT2D eigenvalue weighted by atomic mass is 10.1. The van der Waals surface area contributed by atoms with Crippen LogP contribution in [0, 0.1) is 6.92 Å². The standard InChI is InChI=1S/C15H18BrN3O/c1-3-19-14(15(16)11(2)18-19)9-13(20)7-6-12-5-4-8-17-10-12/h4-5,8,10H,3,6-7,9H2,1-2H3. The Bertz CT molecular complexity index is 593. The summed E-state index contributed by atoms with van der Waals surface area (Å²) >= 11 is 3.52. The van der Waals surface area contributed by atoms with Crippen LogP contribution >= 0.6 is 15.9 Å². The molecule has 0 atom stereocenters. The molecule has 0 aromatic carbocycles. The zero-order valence-corrected chi connectivity index (χ0v) is 13.4. The van der Waals surface area contributed by atoms with Gasteiger partial charge in [-0.15, -0.1) is 0 Å². The van der Waals surface area contributed by atoms with Gasteiger partial charge in [-0.25, -0.2) is 0 Å². The minimum Gasteiger partial charge on any atom is -0.299 e. The fourth-order valence-electron chi connectivity index (χ4n) is 2.14. The van der Waals surface area contributed by atoms with Crippen LogP contribution in [0.1, 0.15) is 30.3 Å². The van der Waals surface area contributed by atoms with Crippen molar-refractivity contribution in [1.82, 2.24) is 14.8 Å². The average molecular weight is 336 g/mol. The number of nitrogens with zero attached hydrogens (tertiary/aromatic N) is 3. The van der Waals surface area contributed by atoms with E-state index in [1.54, 1.807) is 6.20 Å². The summed E-state index contributed by atoms with van der Waals surface area (Å²) in [6.45, 7) is 4.75. The molecule has 2 aromatic rings. The van der Waals surface area contributed by atoms with Crippen molar-refractivity contribution in [3.63, 3.8) is 0 Å². The van der Waals surface area contributed by atoms with Crippen molar-refractivity contribution in [3.8, 4) is 0 Å². The Morgan fingerprint density at radius 3 is 2.90 bits per heavy atom. The number of carbonyl (C=O) groups is 1. The lowest BCUT2D eigenvalue weighted by Gasteiger charge is -2.05. The molecular formula is C15H18BrN3O. The third-order valence-corrected chi connectivity index (χ3v) is 4.26. The lowest BCUT2D eigenvalue weighted by molar-refractivity contribution is -0.118. The molecular weight excluding hydrogens is 318 g/mol. The van der Waals surface area contributed by atoms with Crippen molar-refractivity contribution in [1.29, 1.82) is 0 Å². The molecule has 2 rings (SSSR count). The maximum Gasteiger partial charge on any atom is 0.139 e. The highest BCUT2D eigenvalue weighted by Gasteiger charge is 2.15. The summed E-state index contributed by atoms with van der Waals surface area (Å²) in [5.41, 5.74) is 3.00. The highest BCUT2D eigenvalue weighted by Crippen LogP contribution is 2.22. The van der Waals surface area contributed by atoms with Gasteiger partial charge in [-0.1, -0.05) is 6.07 Å². The van der Waals surface area contributed by atoms with E-state index in [0.717, 1.165) is 34.4 Å². The van der Waals surface area contributed by atoms with E-state index in [2.05, 4.69) is 26.0 Å². The van der Waals surface area contributed by atoms with Crippen LogP contribution in [0.15, 0.2) is 29.0 Å². The van der Waals surface area contributed by atoms with Crippen molar-refractivity contribution in [2.45, 2.75) is 39.7 Å². The number of aromatic nitrogens is 3. The number of pyridine rings is 1. The number of Topliss-reactive ketones (excluding diaryl/α,β-unsaturated/α-hetero) is 1. The number of halogens is 1. The van der Waals surface area contributed by atoms with Crippen molar-refractivity contribution in [2.75, 3.05) is 0 Å². The van der Waals surface area contributed by atoms with E-state index in [9.17, 15) is 4.79 Å². The third kappa shape index (κ3) is 3.54. The maximum atomic E-state index is 12.1. The van der Waals surface area contributed by atoms with Crippen LogP contribution in [0.4, 0.5) is 0 Å². The highest BCUT2D eigenvalue weighted by atomic mass is 79.9. The molecule has 0 saturated heterocycles. The van der Waals surface area contributed by atoms with Crippen LogP contribution in [-0.2, 0) is 24.2 Å². The molecule has 0 bridgehead atoms. The van der Waals surface area contributed by atoms with E-state index < -0.39 is 0 Å². The fourth-order valence-corrected chi connectivity index (χ4v) is 2.57. The summed E-state index contributed by atoms with van der Waals surface area (Å²) in [5, 5.41) is 4.41. The zero-order valence-electron chi connectivity index (χ0n) is 11.8. The Morgan fingerprint density at radius 1 is 1.45 bits per heavy atom. The van der Waals surface area contributed by atoms with Crippen LogP contribution in [-0.4, -0.2) is 20.5 Å². The number of rotatable bonds is 6. The second kappa shape index (κ2) is 6.79. The first-order valence-corrected chi connectivity index (χ1v) is 7.53. The Hall–Kier alpha value is -1.49. The van der Waals surface area contributed by atoms with Crippen LogP contribution in [0.2, 0.25) is 0 Å². The van der Waals surface area contributed by atoms with Gasteiger partial charge in [0.1, 0.15) is 5.78 Å². The molecule has 0 radical (unpaired) electrons. The average Bonchev–Trinajstić information content (AvgIpc) is 2.74. The van der Waals surface area contributed by atoms with Crippen molar-refractivity contribution >= 4 is 21.7 Å². The molecule has 0 fully saturated rings. The maximum absolute atomic E-state index is 12.1. The molecule has 2 aromatic heterocycles. The predicted molar refractivity (Wildman–Crippen MR) is 81.6 cm³/mol. The molecule has 0 saturated carbocycles. The van der Waals surface area contributed by atoms with Gasteiger partial charge in [0.15, 0.2) is 0 Å². The normalized spacial score (nSPS) is 10.8. The van der Waals surface area contributed by atoms with Crippen LogP contribution < -0.4 is 0 Å². The van der Waals surface area contributed by atoms with Crippen molar-refractivity contribution < 1.29 is 4.79 Å². The van der Waals surface area contributed by atoms with Gasteiger partial charge < -0.3 is 0 Å². The van der Waals surface area contributed by atoms with E-state index in [1.165, 1.54) is 0 Å². The summed E-state index contributed by atoms with van der Waals surface area (Å²) in [4.78, 5) is 16.2. The monoisotopic (exact) mass is 335 g/mol. The Kier molecular flexibility index (Phi) is 5.06. The van der Waals surface area contributed by atoms with Gasteiger partial charge >= 0.3 is 0 Å². The van der Waals surface area contributed by atoms with Gasteiger partial charge in [0.2, 0.25) is 0 Å². The molecule has 0 aliphatic heterocycles. The van der Waals surface area contributed by atoms with Crippen LogP contribution in [0.3, 0.4) is 0 Å². The van der Waals surface area contributed by atoms with Gasteiger partial charge in [-0.05, 0) is 47.8 Å². The van der Waals surface area contributed by atoms with Gasteiger partial charge in [-0.2, -0.15) is 5.10 Å². The van der Waals surface area contributed by atoms with Crippen LogP contribution in [0.5, 0.6) is 0 Å². The van der Waals surface area contributed by atoms with E-state index in [1.807, 2.05) is 36.9 Å². The summed E-state index contributed by atoms with van der Waals surface area (Å²) in [6.07, 6.45) is 5.25. The van der Waals surface area contributed by atoms with Crippen LogP contribution in [0.25, 0.3) is 0 Å². The Morgan fingerprint density at radius 2 is 2.25 bits per heavy atom. The molecule has 0 aliphatic rings. The Labute approximate surface area is 127 Å². The van der Waals surface area contributed by atoms with Gasteiger partial charge in [0.05, 0.1) is 15.9 Å². The topological polar surface area (TPSA) is 47.8 Å². The third-order valence-electron chi connectivity index (χ3n) is 3.23. The number of carbonyl (C=O) groups excluding carboxylic acids is 1. The first-order chi connectivity index (χ1) is 9.61. The molecule has 0 spiro atoms. The number of aryl methyl sites for hydroxylation is 3. The largest absolute Gasteiger partial charge is 0.299 e. The number of hydrogen-bond acceptors (Lipinski definition) is 3. The second-order valence-corrected chi connectivity index (χ2v) is 5.53. The second-order valence-electron chi connectivity index (χ2n) is 4.74. The predicted octanol–water partition coefficient (Wildman–Crippen LogP) is 3.11. The first-order valence-electron chi connectivity index (χ1n) is 6.74.